The molecular formula is C37H40N2O5. The summed E-state index contributed by atoms with van der Waals surface area (Å²) in [7, 11) is 3.27. The minimum atomic E-state index is -0.881. The van der Waals surface area contributed by atoms with Crippen molar-refractivity contribution in [2.45, 2.75) is 65.1 Å². The van der Waals surface area contributed by atoms with Gasteiger partial charge in [0, 0.05) is 16.9 Å². The zero-order valence-corrected chi connectivity index (χ0v) is 26.3. The molecule has 2 heterocycles. The second-order valence-electron chi connectivity index (χ2n) is 13.5. The number of anilines is 2. The highest BCUT2D eigenvalue weighted by Crippen LogP contribution is 2.68. The zero-order chi connectivity index (χ0) is 31.0. The van der Waals surface area contributed by atoms with Gasteiger partial charge >= 0.3 is 0 Å². The molecule has 0 bridgehead atoms. The number of methoxy groups -OCH3 is 2. The third kappa shape index (κ3) is 3.61. The van der Waals surface area contributed by atoms with Crippen LogP contribution in [0.5, 0.6) is 11.5 Å². The number of fused-ring (bicyclic) bond motifs is 2. The molecule has 2 aliphatic heterocycles. The molecule has 2 aliphatic carbocycles. The summed E-state index contributed by atoms with van der Waals surface area (Å²) >= 11 is 0. The van der Waals surface area contributed by atoms with E-state index in [0.29, 0.717) is 5.92 Å². The van der Waals surface area contributed by atoms with Gasteiger partial charge in [-0.1, -0.05) is 37.1 Å². The van der Waals surface area contributed by atoms with E-state index in [1.807, 2.05) is 81.1 Å². The van der Waals surface area contributed by atoms with Gasteiger partial charge in [-0.25, -0.2) is 0 Å². The fraction of sp³-hybridized carbons (Fsp3) is 0.405. The Bertz CT molecular complexity index is 1670. The van der Waals surface area contributed by atoms with Gasteiger partial charge in [0.1, 0.15) is 28.2 Å². The summed E-state index contributed by atoms with van der Waals surface area (Å²) in [5.41, 5.74) is 2.49. The maximum atomic E-state index is 14.2. The summed E-state index contributed by atoms with van der Waals surface area (Å²) < 4.78 is 18.2. The molecule has 0 unspecified atom stereocenters. The van der Waals surface area contributed by atoms with Crippen molar-refractivity contribution in [2.75, 3.05) is 24.0 Å². The first-order chi connectivity index (χ1) is 21.1. The number of carbonyl (C=O) groups is 2. The second-order valence-corrected chi connectivity index (χ2v) is 13.5. The molecule has 7 nitrogen and oxygen atoms in total. The molecule has 3 fully saturated rings. The van der Waals surface area contributed by atoms with Crippen molar-refractivity contribution < 1.29 is 23.8 Å². The Morgan fingerprint density at radius 2 is 1.30 bits per heavy atom. The first-order valence-corrected chi connectivity index (χ1v) is 15.6. The SMILES string of the molecule is COc1ccc(N2C(=O)C(C)(C)[C@H]2OC2=C(C3CCCC3)c3ccccc3[C@]23N(c2ccc(OC)cc2)C(=O)C3(C)C)cc1. The van der Waals surface area contributed by atoms with E-state index in [9.17, 15) is 9.59 Å². The van der Waals surface area contributed by atoms with Gasteiger partial charge in [-0.05, 0) is 106 Å². The maximum absolute atomic E-state index is 14.2. The number of β-lactam (4-membered cyclic amide) rings is 2. The monoisotopic (exact) mass is 592 g/mol. The molecule has 228 valence electrons. The number of amides is 2. The largest absolute Gasteiger partial charge is 0.497 e. The number of hydrogen-bond donors (Lipinski definition) is 0. The van der Waals surface area contributed by atoms with Crippen molar-refractivity contribution in [3.63, 3.8) is 0 Å². The van der Waals surface area contributed by atoms with E-state index < -0.39 is 22.6 Å². The molecule has 2 saturated heterocycles. The lowest BCUT2D eigenvalue weighted by atomic mass is 9.58. The molecule has 0 N–H and O–H groups in total. The molecule has 2 atom stereocenters. The smallest absolute Gasteiger partial charge is 0.241 e. The maximum Gasteiger partial charge on any atom is 0.241 e. The Hall–Kier alpha value is -4.26. The van der Waals surface area contributed by atoms with Crippen LogP contribution in [0.4, 0.5) is 11.4 Å². The number of hydrogen-bond acceptors (Lipinski definition) is 5. The fourth-order valence-electron chi connectivity index (χ4n) is 8.03. The predicted molar refractivity (Wildman–Crippen MR) is 170 cm³/mol. The third-order valence-corrected chi connectivity index (χ3v) is 10.5. The van der Waals surface area contributed by atoms with Crippen molar-refractivity contribution in [1.29, 1.82) is 0 Å². The average molecular weight is 593 g/mol. The number of rotatable bonds is 7. The second kappa shape index (κ2) is 9.88. The molecule has 44 heavy (non-hydrogen) atoms. The number of benzene rings is 3. The van der Waals surface area contributed by atoms with Crippen LogP contribution in [0.1, 0.15) is 64.5 Å². The van der Waals surface area contributed by atoms with Gasteiger partial charge < -0.3 is 14.2 Å². The molecule has 7 rings (SSSR count). The highest BCUT2D eigenvalue weighted by atomic mass is 16.5. The Morgan fingerprint density at radius 1 is 0.727 bits per heavy atom. The molecule has 0 aromatic heterocycles. The number of carbonyl (C=O) groups excluding carboxylic acids is 2. The molecule has 1 saturated carbocycles. The van der Waals surface area contributed by atoms with Gasteiger partial charge in [-0.15, -0.1) is 0 Å². The zero-order valence-electron chi connectivity index (χ0n) is 26.3. The van der Waals surface area contributed by atoms with Crippen LogP contribution in [0, 0.1) is 16.7 Å². The van der Waals surface area contributed by atoms with Gasteiger partial charge in [0.25, 0.3) is 0 Å². The van der Waals surface area contributed by atoms with Crippen LogP contribution in [0.3, 0.4) is 0 Å². The van der Waals surface area contributed by atoms with Crippen molar-refractivity contribution in [2.24, 2.45) is 16.7 Å². The van der Waals surface area contributed by atoms with Crippen LogP contribution >= 0.6 is 0 Å². The summed E-state index contributed by atoms with van der Waals surface area (Å²) in [6, 6.07) is 23.7. The quantitative estimate of drug-likeness (QED) is 0.269. The van der Waals surface area contributed by atoms with E-state index in [0.717, 1.165) is 65.4 Å². The first kappa shape index (κ1) is 28.5. The van der Waals surface area contributed by atoms with E-state index in [2.05, 4.69) is 24.3 Å². The lowest BCUT2D eigenvalue weighted by Gasteiger charge is -2.63. The Balaban J connectivity index is 1.43. The van der Waals surface area contributed by atoms with E-state index in [1.54, 1.807) is 19.1 Å². The summed E-state index contributed by atoms with van der Waals surface area (Å²) in [6.45, 7) is 7.96. The summed E-state index contributed by atoms with van der Waals surface area (Å²) in [5.74, 6) is 2.58. The highest BCUT2D eigenvalue weighted by Gasteiger charge is 2.74. The van der Waals surface area contributed by atoms with Crippen LogP contribution in [0.25, 0.3) is 5.57 Å². The predicted octanol–water partition coefficient (Wildman–Crippen LogP) is 7.30. The lowest BCUT2D eigenvalue weighted by molar-refractivity contribution is -0.160. The molecule has 7 heteroatoms. The molecule has 1 spiro atoms. The minimum Gasteiger partial charge on any atom is -0.497 e. The van der Waals surface area contributed by atoms with Crippen LogP contribution in [-0.4, -0.2) is 32.3 Å². The van der Waals surface area contributed by atoms with E-state index >= 15 is 0 Å². The van der Waals surface area contributed by atoms with Crippen molar-refractivity contribution in [3.8, 4) is 11.5 Å². The Labute approximate surface area is 259 Å². The Morgan fingerprint density at radius 3 is 1.89 bits per heavy atom. The fourth-order valence-corrected chi connectivity index (χ4v) is 8.03. The van der Waals surface area contributed by atoms with E-state index in [4.69, 9.17) is 14.2 Å². The number of allylic oxidation sites excluding steroid dienone is 1. The minimum absolute atomic E-state index is 0.00352. The van der Waals surface area contributed by atoms with Crippen molar-refractivity contribution in [3.05, 3.63) is 89.7 Å². The molecule has 2 amide bonds. The highest BCUT2D eigenvalue weighted by molar-refractivity contribution is 6.11. The standard InChI is InChI=1S/C37H40N2O5/c1-35(2)32(40)38(24-15-19-26(42-5)20-16-24)34(35)44-31-30(23-11-7-8-12-23)28-13-9-10-14-29(28)37(31)36(3,4)33(41)39(37)25-17-21-27(43-6)22-18-25/h9-10,13-23,34H,7-8,11-12H2,1-6H3/t34-,37+/m1/s1. The first-order valence-electron chi connectivity index (χ1n) is 15.6. The van der Waals surface area contributed by atoms with Gasteiger partial charge in [0.15, 0.2) is 6.23 Å². The number of nitrogens with zero attached hydrogens (tertiary/aromatic N) is 2. The lowest BCUT2D eigenvalue weighted by Crippen LogP contribution is -2.76. The van der Waals surface area contributed by atoms with Gasteiger partial charge in [0.2, 0.25) is 11.8 Å². The van der Waals surface area contributed by atoms with Crippen LogP contribution < -0.4 is 19.3 Å². The van der Waals surface area contributed by atoms with Crippen LogP contribution in [-0.2, 0) is 19.9 Å². The molecule has 3 aromatic rings. The molecule has 4 aliphatic rings. The molecular weight excluding hydrogens is 552 g/mol. The normalized spacial score (nSPS) is 25.2. The third-order valence-electron chi connectivity index (χ3n) is 10.5. The molecule has 3 aromatic carbocycles. The Kier molecular flexibility index (Phi) is 6.40. The summed E-state index contributed by atoms with van der Waals surface area (Å²) in [6.07, 6.45) is 3.89. The number of ether oxygens (including phenoxy) is 3. The van der Waals surface area contributed by atoms with Crippen molar-refractivity contribution in [1.82, 2.24) is 0 Å². The van der Waals surface area contributed by atoms with Crippen LogP contribution in [0.15, 0.2) is 78.6 Å². The van der Waals surface area contributed by atoms with Gasteiger partial charge in [-0.2, -0.15) is 0 Å². The molecule has 0 radical (unpaired) electrons. The van der Waals surface area contributed by atoms with Gasteiger partial charge in [-0.3, -0.25) is 19.4 Å². The topological polar surface area (TPSA) is 68.3 Å². The summed E-state index contributed by atoms with van der Waals surface area (Å²) in [4.78, 5) is 31.6. The van der Waals surface area contributed by atoms with Crippen LogP contribution in [0.2, 0.25) is 0 Å². The van der Waals surface area contributed by atoms with E-state index in [-0.39, 0.29) is 11.8 Å². The summed E-state index contributed by atoms with van der Waals surface area (Å²) in [5, 5.41) is 0. The van der Waals surface area contributed by atoms with E-state index in [1.165, 1.54) is 5.57 Å². The average Bonchev–Trinajstić information content (AvgIpc) is 3.67. The van der Waals surface area contributed by atoms with Gasteiger partial charge in [0.05, 0.1) is 19.6 Å². The van der Waals surface area contributed by atoms with Crippen molar-refractivity contribution >= 4 is 28.8 Å².